The van der Waals surface area contributed by atoms with E-state index in [1.54, 1.807) is 0 Å². The maximum Gasteiger partial charge on any atom is 0.220 e. The number of hydrogen-bond donors (Lipinski definition) is 2. The predicted octanol–water partition coefficient (Wildman–Crippen LogP) is 21.7. The molecule has 0 aromatic carbocycles. The molecule has 68 heavy (non-hydrogen) atoms. The van der Waals surface area contributed by atoms with Gasteiger partial charge in [0.25, 0.3) is 0 Å². The highest BCUT2D eigenvalue weighted by atomic mass is 16.3. The summed E-state index contributed by atoms with van der Waals surface area (Å²) < 4.78 is 0. The Bertz CT molecular complexity index is 952. The van der Waals surface area contributed by atoms with Gasteiger partial charge in [0.05, 0.1) is 6.10 Å². The highest BCUT2D eigenvalue weighted by Gasteiger charge is 2.08. The van der Waals surface area contributed by atoms with Crippen molar-refractivity contribution in [1.29, 1.82) is 0 Å². The summed E-state index contributed by atoms with van der Waals surface area (Å²) in [7, 11) is 0. The molecule has 1 amide bonds. The second-order valence-electron chi connectivity index (χ2n) is 22.4. The summed E-state index contributed by atoms with van der Waals surface area (Å²) in [5.41, 5.74) is 0. The zero-order valence-electron chi connectivity index (χ0n) is 47.1. The van der Waals surface area contributed by atoms with Crippen LogP contribution in [0, 0.1) is 0 Å². The summed E-state index contributed by atoms with van der Waals surface area (Å²) in [6.45, 7) is 5.00. The number of Topliss-reactive ketones (excluding diaryl/α,β-unsaturated/α-hetero) is 1. The molecule has 0 radical (unpaired) electrons. The molecule has 0 fully saturated rings. The lowest BCUT2D eigenvalue weighted by atomic mass is 10.0. The Morgan fingerprint density at radius 2 is 0.471 bits per heavy atom. The van der Waals surface area contributed by atoms with Gasteiger partial charge in [-0.05, 0) is 25.7 Å². The Balaban J connectivity index is 3.22. The van der Waals surface area contributed by atoms with E-state index in [2.05, 4.69) is 19.2 Å². The number of nitrogens with one attached hydrogen (secondary N) is 1. The van der Waals surface area contributed by atoms with Gasteiger partial charge in [-0.1, -0.05) is 341 Å². The molecule has 0 unspecified atom stereocenters. The molecule has 0 aliphatic rings. The van der Waals surface area contributed by atoms with Gasteiger partial charge >= 0.3 is 0 Å². The lowest BCUT2D eigenvalue weighted by Crippen LogP contribution is -2.31. The first kappa shape index (κ1) is 67.1. The van der Waals surface area contributed by atoms with Crippen molar-refractivity contribution in [1.82, 2.24) is 5.32 Å². The smallest absolute Gasteiger partial charge is 0.220 e. The lowest BCUT2D eigenvalue weighted by molar-refractivity contribution is -0.121. The number of carbonyl (C=O) groups is 2. The molecule has 0 aromatic heterocycles. The maximum absolute atomic E-state index is 12.3. The number of carbonyl (C=O) groups excluding carboxylic acids is 2. The van der Waals surface area contributed by atoms with E-state index in [4.69, 9.17) is 0 Å². The van der Waals surface area contributed by atoms with Gasteiger partial charge in [0.15, 0.2) is 0 Å². The van der Waals surface area contributed by atoms with E-state index in [-0.39, 0.29) is 5.91 Å². The molecule has 0 rings (SSSR count). The summed E-state index contributed by atoms with van der Waals surface area (Å²) in [6.07, 6.45) is 76.3. The molecular formula is C64H127NO3. The molecule has 2 N–H and O–H groups in total. The molecule has 406 valence electrons. The summed E-state index contributed by atoms with van der Waals surface area (Å²) in [6, 6.07) is 0. The Morgan fingerprint density at radius 3 is 0.706 bits per heavy atom. The molecule has 0 saturated heterocycles. The van der Waals surface area contributed by atoms with Crippen LogP contribution in [0.1, 0.15) is 386 Å². The zero-order valence-corrected chi connectivity index (χ0v) is 47.1. The largest absolute Gasteiger partial charge is 0.391 e. The van der Waals surface area contributed by atoms with Gasteiger partial charge in [-0.15, -0.1) is 0 Å². The SMILES string of the molecule is CCCCCCCCCCCCCCCC[C@H](O)CNC(=O)CCCCCCCCCCCCCCCCCCCCCCCCCCCCCC(=O)CCCCCCCCCCCCCCC. The number of ketones is 1. The average molecular weight is 959 g/mol. The monoisotopic (exact) mass is 958 g/mol. The van der Waals surface area contributed by atoms with Gasteiger partial charge in [0, 0.05) is 25.8 Å². The molecule has 0 saturated carbocycles. The highest BCUT2D eigenvalue weighted by molar-refractivity contribution is 5.78. The van der Waals surface area contributed by atoms with Crippen molar-refractivity contribution in [2.24, 2.45) is 0 Å². The van der Waals surface area contributed by atoms with Crippen molar-refractivity contribution in [3.05, 3.63) is 0 Å². The van der Waals surface area contributed by atoms with E-state index >= 15 is 0 Å². The maximum atomic E-state index is 12.3. The first-order valence-electron chi connectivity index (χ1n) is 32.1. The van der Waals surface area contributed by atoms with Gasteiger partial charge < -0.3 is 10.4 Å². The van der Waals surface area contributed by atoms with Gasteiger partial charge in [-0.25, -0.2) is 0 Å². The van der Waals surface area contributed by atoms with Crippen molar-refractivity contribution in [2.75, 3.05) is 6.54 Å². The average Bonchev–Trinajstić information content (AvgIpc) is 3.34. The number of aliphatic hydroxyl groups excluding tert-OH is 1. The minimum Gasteiger partial charge on any atom is -0.391 e. The Labute approximate surface area is 428 Å². The van der Waals surface area contributed by atoms with Gasteiger partial charge in [-0.2, -0.15) is 0 Å². The quantitative estimate of drug-likeness (QED) is 0.0597. The van der Waals surface area contributed by atoms with E-state index in [0.29, 0.717) is 18.7 Å². The van der Waals surface area contributed by atoms with Crippen LogP contribution in [0.4, 0.5) is 0 Å². The van der Waals surface area contributed by atoms with Crippen LogP contribution in [0.5, 0.6) is 0 Å². The number of hydrogen-bond acceptors (Lipinski definition) is 3. The molecule has 0 heterocycles. The first-order valence-corrected chi connectivity index (χ1v) is 32.1. The normalized spacial score (nSPS) is 12.0. The van der Waals surface area contributed by atoms with Crippen molar-refractivity contribution >= 4 is 11.7 Å². The molecule has 4 heteroatoms. The minimum atomic E-state index is -0.390. The molecule has 0 aliphatic heterocycles. The number of amides is 1. The van der Waals surface area contributed by atoms with E-state index in [9.17, 15) is 14.7 Å². The van der Waals surface area contributed by atoms with Gasteiger partial charge in [-0.3, -0.25) is 9.59 Å². The molecule has 0 bridgehead atoms. The van der Waals surface area contributed by atoms with Crippen molar-refractivity contribution in [3.63, 3.8) is 0 Å². The van der Waals surface area contributed by atoms with E-state index in [1.165, 1.54) is 315 Å². The summed E-state index contributed by atoms with van der Waals surface area (Å²) in [5.74, 6) is 0.640. The van der Waals surface area contributed by atoms with E-state index in [0.717, 1.165) is 51.4 Å². The van der Waals surface area contributed by atoms with Crippen molar-refractivity contribution < 1.29 is 14.7 Å². The van der Waals surface area contributed by atoms with E-state index in [1.807, 2.05) is 0 Å². The Morgan fingerprint density at radius 1 is 0.279 bits per heavy atom. The van der Waals surface area contributed by atoms with Crippen LogP contribution in [0.2, 0.25) is 0 Å². The molecule has 0 aliphatic carbocycles. The fourth-order valence-electron chi connectivity index (χ4n) is 10.5. The standard InChI is InChI=1S/C64H127NO3/c1-3-5-7-9-11-13-15-17-34-39-43-47-51-55-59-63(67)61-65-64(68)60-56-52-48-44-40-36-32-30-28-26-24-22-20-18-19-21-23-25-27-29-31-35-38-42-46-50-54-58-62(66)57-53-49-45-41-37-33-16-14-12-10-8-6-4-2/h63,67H,3-61H2,1-2H3,(H,65,68)/t63-/m0/s1. The van der Waals surface area contributed by atoms with Crippen LogP contribution in [-0.2, 0) is 9.59 Å². The molecule has 1 atom stereocenters. The second-order valence-corrected chi connectivity index (χ2v) is 22.4. The molecule has 0 aromatic rings. The summed E-state index contributed by atoms with van der Waals surface area (Å²) >= 11 is 0. The van der Waals surface area contributed by atoms with Crippen LogP contribution in [0.15, 0.2) is 0 Å². The zero-order chi connectivity index (χ0) is 49.2. The van der Waals surface area contributed by atoms with Crippen LogP contribution in [0.25, 0.3) is 0 Å². The minimum absolute atomic E-state index is 0.117. The number of rotatable bonds is 61. The fourth-order valence-corrected chi connectivity index (χ4v) is 10.5. The fraction of sp³-hybridized carbons (Fsp3) is 0.969. The van der Waals surface area contributed by atoms with Crippen molar-refractivity contribution in [2.45, 2.75) is 392 Å². The van der Waals surface area contributed by atoms with E-state index < -0.39 is 6.10 Å². The number of unbranched alkanes of at least 4 members (excludes halogenated alkanes) is 51. The summed E-state index contributed by atoms with van der Waals surface area (Å²) in [4.78, 5) is 24.5. The topological polar surface area (TPSA) is 66.4 Å². The number of aliphatic hydroxyl groups is 1. The van der Waals surface area contributed by atoms with Crippen molar-refractivity contribution in [3.8, 4) is 0 Å². The molecule has 4 nitrogen and oxygen atoms in total. The van der Waals surface area contributed by atoms with Crippen LogP contribution in [-0.4, -0.2) is 29.4 Å². The third-order valence-electron chi connectivity index (χ3n) is 15.3. The lowest BCUT2D eigenvalue weighted by Gasteiger charge is -2.12. The van der Waals surface area contributed by atoms with Crippen LogP contribution < -0.4 is 5.32 Å². The van der Waals surface area contributed by atoms with Crippen LogP contribution >= 0.6 is 0 Å². The third-order valence-corrected chi connectivity index (χ3v) is 15.3. The predicted molar refractivity (Wildman–Crippen MR) is 303 cm³/mol. The molecule has 0 spiro atoms. The molecular weight excluding hydrogens is 831 g/mol. The Hall–Kier alpha value is -0.900. The van der Waals surface area contributed by atoms with Gasteiger partial charge in [0.2, 0.25) is 5.91 Å². The Kier molecular flexibility index (Phi) is 59.6. The highest BCUT2D eigenvalue weighted by Crippen LogP contribution is 2.19. The van der Waals surface area contributed by atoms with Crippen LogP contribution in [0.3, 0.4) is 0 Å². The first-order chi connectivity index (χ1) is 33.6. The van der Waals surface area contributed by atoms with Gasteiger partial charge in [0.1, 0.15) is 5.78 Å². The summed E-state index contributed by atoms with van der Waals surface area (Å²) in [5, 5.41) is 13.3. The second kappa shape index (κ2) is 60.4. The third kappa shape index (κ3) is 59.4.